The molecule has 1 aliphatic heterocycles. The first-order valence-corrected chi connectivity index (χ1v) is 11.2. The lowest BCUT2D eigenvalue weighted by Gasteiger charge is -2.33. The van der Waals surface area contributed by atoms with Gasteiger partial charge in [-0.1, -0.05) is 18.2 Å². The van der Waals surface area contributed by atoms with Gasteiger partial charge in [-0.3, -0.25) is 4.79 Å². The second-order valence-corrected chi connectivity index (χ2v) is 9.08. The van der Waals surface area contributed by atoms with Crippen molar-refractivity contribution in [1.29, 1.82) is 0 Å². The molecule has 1 saturated heterocycles. The van der Waals surface area contributed by atoms with Gasteiger partial charge in [0.1, 0.15) is 5.60 Å². The predicted molar refractivity (Wildman–Crippen MR) is 125 cm³/mol. The molecule has 0 radical (unpaired) electrons. The number of nitrogens with zero attached hydrogens (tertiary/aromatic N) is 1. The van der Waals surface area contributed by atoms with Crippen LogP contribution in [-0.2, 0) is 16.1 Å². The van der Waals surface area contributed by atoms with Gasteiger partial charge in [-0.05, 0) is 63.4 Å². The van der Waals surface area contributed by atoms with E-state index < -0.39 is 5.60 Å². The van der Waals surface area contributed by atoms with E-state index in [1.807, 2.05) is 39.0 Å². The monoisotopic (exact) mass is 455 g/mol. The first-order chi connectivity index (χ1) is 15.7. The second kappa shape index (κ2) is 10.7. The molecular weight excluding hydrogens is 422 g/mol. The molecule has 0 spiro atoms. The van der Waals surface area contributed by atoms with Crippen LogP contribution in [0.2, 0.25) is 0 Å². The molecule has 1 aliphatic rings. The molecule has 7 nitrogen and oxygen atoms in total. The van der Waals surface area contributed by atoms with Crippen LogP contribution in [0.1, 0.15) is 55.1 Å². The summed E-state index contributed by atoms with van der Waals surface area (Å²) in [7, 11) is 3.10. The highest BCUT2D eigenvalue weighted by Crippen LogP contribution is 2.28. The fourth-order valence-electron chi connectivity index (χ4n) is 3.69. The zero-order chi connectivity index (χ0) is 24.0. The number of rotatable bonds is 7. The van der Waals surface area contributed by atoms with Crippen molar-refractivity contribution < 1.29 is 28.5 Å². The lowest BCUT2D eigenvalue weighted by Crippen LogP contribution is -2.43. The Bertz CT molecular complexity index is 973. The summed E-state index contributed by atoms with van der Waals surface area (Å²) in [5.41, 5.74) is 1.54. The average molecular weight is 456 g/mol. The van der Waals surface area contributed by atoms with E-state index in [4.69, 9.17) is 18.9 Å². The molecule has 33 heavy (non-hydrogen) atoms. The number of likely N-dealkylation sites (tertiary alicyclic amines) is 1. The van der Waals surface area contributed by atoms with Gasteiger partial charge >= 0.3 is 6.09 Å². The molecule has 178 valence electrons. The fraction of sp³-hybridized carbons (Fsp3) is 0.462. The van der Waals surface area contributed by atoms with E-state index in [-0.39, 0.29) is 18.0 Å². The Labute approximate surface area is 195 Å². The maximum absolute atomic E-state index is 13.0. The van der Waals surface area contributed by atoms with Gasteiger partial charge in [-0.15, -0.1) is 0 Å². The van der Waals surface area contributed by atoms with Gasteiger partial charge in [0.2, 0.25) is 0 Å². The molecule has 1 amide bonds. The Balaban J connectivity index is 1.56. The van der Waals surface area contributed by atoms with E-state index in [2.05, 4.69) is 0 Å². The van der Waals surface area contributed by atoms with Crippen LogP contribution in [0.3, 0.4) is 0 Å². The number of ketones is 1. The minimum atomic E-state index is -0.496. The molecule has 0 aromatic heterocycles. The first-order valence-electron chi connectivity index (χ1n) is 11.2. The second-order valence-electron chi connectivity index (χ2n) is 9.08. The van der Waals surface area contributed by atoms with Crippen molar-refractivity contribution in [3.8, 4) is 11.5 Å². The minimum absolute atomic E-state index is 0.0638. The highest BCUT2D eigenvalue weighted by atomic mass is 16.6. The number of hydrogen-bond acceptors (Lipinski definition) is 6. The van der Waals surface area contributed by atoms with E-state index in [0.29, 0.717) is 42.3 Å². The molecule has 1 heterocycles. The van der Waals surface area contributed by atoms with Crippen LogP contribution in [0.25, 0.3) is 0 Å². The standard InChI is InChI=1S/C26H33NO6/c1-26(2,3)33-25(29)27-13-11-21(12-14-27)32-17-18-7-6-8-19(15-18)24(28)20-9-10-22(30-4)23(16-20)31-5/h6-10,15-16,21H,11-14,17H2,1-5H3. The molecule has 0 atom stereocenters. The summed E-state index contributed by atoms with van der Waals surface area (Å²) in [5.74, 6) is 0.998. The lowest BCUT2D eigenvalue weighted by molar-refractivity contribution is -0.0170. The van der Waals surface area contributed by atoms with Gasteiger partial charge in [-0.25, -0.2) is 4.79 Å². The molecule has 3 rings (SSSR count). The summed E-state index contributed by atoms with van der Waals surface area (Å²) in [5, 5.41) is 0. The Morgan fingerprint density at radius 2 is 1.61 bits per heavy atom. The predicted octanol–water partition coefficient (Wildman–Crippen LogP) is 4.85. The van der Waals surface area contributed by atoms with Crippen molar-refractivity contribution in [3.63, 3.8) is 0 Å². The number of ether oxygens (including phenoxy) is 4. The highest BCUT2D eigenvalue weighted by molar-refractivity contribution is 6.09. The van der Waals surface area contributed by atoms with Gasteiger partial charge in [0.15, 0.2) is 17.3 Å². The maximum Gasteiger partial charge on any atom is 0.410 e. The van der Waals surface area contributed by atoms with Crippen LogP contribution in [0.5, 0.6) is 11.5 Å². The van der Waals surface area contributed by atoms with Crippen LogP contribution in [0, 0.1) is 0 Å². The highest BCUT2D eigenvalue weighted by Gasteiger charge is 2.27. The van der Waals surface area contributed by atoms with Gasteiger partial charge < -0.3 is 23.8 Å². The van der Waals surface area contributed by atoms with Crippen molar-refractivity contribution in [2.45, 2.75) is 51.9 Å². The van der Waals surface area contributed by atoms with Crippen molar-refractivity contribution in [1.82, 2.24) is 4.90 Å². The lowest BCUT2D eigenvalue weighted by atomic mass is 10.0. The number of carbonyl (C=O) groups excluding carboxylic acids is 2. The van der Waals surface area contributed by atoms with Gasteiger partial charge in [0.05, 0.1) is 26.9 Å². The number of carbonyl (C=O) groups is 2. The van der Waals surface area contributed by atoms with E-state index >= 15 is 0 Å². The third-order valence-corrected chi connectivity index (χ3v) is 5.41. The number of benzene rings is 2. The summed E-state index contributed by atoms with van der Waals surface area (Å²) < 4.78 is 22.1. The van der Waals surface area contributed by atoms with Crippen LogP contribution in [0.4, 0.5) is 4.79 Å². The van der Waals surface area contributed by atoms with Crippen LogP contribution < -0.4 is 9.47 Å². The zero-order valence-electron chi connectivity index (χ0n) is 20.1. The topological polar surface area (TPSA) is 74.3 Å². The smallest absolute Gasteiger partial charge is 0.410 e. The first kappa shape index (κ1) is 24.6. The molecule has 2 aromatic rings. The SMILES string of the molecule is COc1ccc(C(=O)c2cccc(COC3CCN(C(=O)OC(C)(C)C)CC3)c2)cc1OC. The average Bonchev–Trinajstić information content (AvgIpc) is 2.81. The van der Waals surface area contributed by atoms with Crippen molar-refractivity contribution >= 4 is 11.9 Å². The third kappa shape index (κ3) is 6.71. The fourth-order valence-corrected chi connectivity index (χ4v) is 3.69. The molecule has 0 saturated carbocycles. The number of methoxy groups -OCH3 is 2. The van der Waals surface area contributed by atoms with Crippen molar-refractivity contribution in [2.75, 3.05) is 27.3 Å². The van der Waals surface area contributed by atoms with Crippen molar-refractivity contribution in [2.24, 2.45) is 0 Å². The number of piperidine rings is 1. The van der Waals surface area contributed by atoms with E-state index in [1.54, 1.807) is 43.4 Å². The molecule has 7 heteroatoms. The van der Waals surface area contributed by atoms with E-state index in [9.17, 15) is 9.59 Å². The maximum atomic E-state index is 13.0. The Hall–Kier alpha value is -3.06. The molecule has 0 aliphatic carbocycles. The van der Waals surface area contributed by atoms with Crippen molar-refractivity contribution in [3.05, 3.63) is 59.2 Å². The normalized spacial score (nSPS) is 14.6. The largest absolute Gasteiger partial charge is 0.493 e. The summed E-state index contributed by atoms with van der Waals surface area (Å²) >= 11 is 0. The van der Waals surface area contributed by atoms with Crippen LogP contribution in [0.15, 0.2) is 42.5 Å². The number of amides is 1. The molecular formula is C26H33NO6. The molecule has 2 aromatic carbocycles. The van der Waals surface area contributed by atoms with E-state index in [1.165, 1.54) is 0 Å². The summed E-state index contributed by atoms with van der Waals surface area (Å²) in [6.07, 6.45) is 1.30. The molecule has 0 bridgehead atoms. The summed E-state index contributed by atoms with van der Waals surface area (Å²) in [4.78, 5) is 26.9. The number of hydrogen-bond donors (Lipinski definition) is 0. The molecule has 0 unspecified atom stereocenters. The Kier molecular flexibility index (Phi) is 7.97. The Morgan fingerprint density at radius 3 is 2.24 bits per heavy atom. The quantitative estimate of drug-likeness (QED) is 0.556. The van der Waals surface area contributed by atoms with Gasteiger partial charge in [0, 0.05) is 24.2 Å². The molecule has 1 fully saturated rings. The minimum Gasteiger partial charge on any atom is -0.493 e. The summed E-state index contributed by atoms with van der Waals surface area (Å²) in [6, 6.07) is 12.6. The van der Waals surface area contributed by atoms with Crippen LogP contribution >= 0.6 is 0 Å². The molecule has 0 N–H and O–H groups in total. The van der Waals surface area contributed by atoms with Gasteiger partial charge in [0.25, 0.3) is 0 Å². The van der Waals surface area contributed by atoms with E-state index in [0.717, 1.165) is 18.4 Å². The van der Waals surface area contributed by atoms with Crippen LogP contribution in [-0.4, -0.2) is 55.8 Å². The zero-order valence-corrected chi connectivity index (χ0v) is 20.1. The summed E-state index contributed by atoms with van der Waals surface area (Å²) in [6.45, 7) is 7.22. The Morgan fingerprint density at radius 1 is 0.939 bits per heavy atom. The van der Waals surface area contributed by atoms with Gasteiger partial charge in [-0.2, -0.15) is 0 Å². The third-order valence-electron chi connectivity index (χ3n) is 5.41.